The first-order chi connectivity index (χ1) is 12.6. The predicted molar refractivity (Wildman–Crippen MR) is 94.4 cm³/mol. The van der Waals surface area contributed by atoms with Crippen molar-refractivity contribution in [2.45, 2.75) is 44.3 Å². The molecule has 0 unspecified atom stereocenters. The van der Waals surface area contributed by atoms with Crippen molar-refractivity contribution in [1.29, 1.82) is 0 Å². The van der Waals surface area contributed by atoms with Crippen molar-refractivity contribution in [2.24, 2.45) is 13.0 Å². The Labute approximate surface area is 152 Å². The molecule has 26 heavy (non-hydrogen) atoms. The van der Waals surface area contributed by atoms with Gasteiger partial charge < -0.3 is 10.2 Å². The molecule has 3 heterocycles. The lowest BCUT2D eigenvalue weighted by molar-refractivity contribution is -0.139. The van der Waals surface area contributed by atoms with E-state index in [1.54, 1.807) is 16.9 Å². The fourth-order valence-corrected chi connectivity index (χ4v) is 3.94. The molecule has 0 spiro atoms. The van der Waals surface area contributed by atoms with Gasteiger partial charge in [-0.25, -0.2) is 4.39 Å². The van der Waals surface area contributed by atoms with E-state index < -0.39 is 0 Å². The van der Waals surface area contributed by atoms with Gasteiger partial charge in [-0.05, 0) is 31.2 Å². The zero-order chi connectivity index (χ0) is 18.1. The maximum atomic E-state index is 13.8. The average molecular weight is 357 g/mol. The first kappa shape index (κ1) is 17.1. The third-order valence-electron chi connectivity index (χ3n) is 5.35. The number of amides is 1. The number of carbonyl (C=O) groups excluding carboxylic acids is 1. The fourth-order valence-electron chi connectivity index (χ4n) is 3.94. The van der Waals surface area contributed by atoms with Crippen LogP contribution in [0, 0.1) is 11.7 Å². The predicted octanol–water partition coefficient (Wildman–Crippen LogP) is 2.19. The summed E-state index contributed by atoms with van der Waals surface area (Å²) in [4.78, 5) is 18.4. The Hall–Kier alpha value is -2.28. The molecule has 1 saturated heterocycles. The molecule has 2 aromatic heterocycles. The van der Waals surface area contributed by atoms with Crippen LogP contribution >= 0.6 is 0 Å². The van der Waals surface area contributed by atoms with Gasteiger partial charge in [0.25, 0.3) is 0 Å². The van der Waals surface area contributed by atoms with E-state index in [-0.39, 0.29) is 17.8 Å². The number of halogens is 1. The van der Waals surface area contributed by atoms with Crippen molar-refractivity contribution >= 4 is 5.91 Å². The second-order valence-electron chi connectivity index (χ2n) is 7.32. The number of aryl methyl sites for hydroxylation is 1. The maximum absolute atomic E-state index is 13.8. The summed E-state index contributed by atoms with van der Waals surface area (Å²) in [5, 5.41) is 7.69. The van der Waals surface area contributed by atoms with Gasteiger partial charge in [0.1, 0.15) is 5.82 Å². The van der Waals surface area contributed by atoms with Gasteiger partial charge >= 0.3 is 0 Å². The van der Waals surface area contributed by atoms with E-state index in [2.05, 4.69) is 20.3 Å². The summed E-state index contributed by atoms with van der Waals surface area (Å²) in [7, 11) is 1.90. The minimum atomic E-state index is -0.290. The van der Waals surface area contributed by atoms with Crippen molar-refractivity contribution < 1.29 is 9.18 Å². The molecule has 1 aliphatic heterocycles. The largest absolute Gasteiger partial charge is 0.332 e. The van der Waals surface area contributed by atoms with Crippen molar-refractivity contribution in [3.63, 3.8) is 0 Å². The fraction of sp³-hybridized carbons (Fsp3) is 0.526. The lowest BCUT2D eigenvalue weighted by atomic mass is 9.85. The minimum absolute atomic E-state index is 0.0484. The van der Waals surface area contributed by atoms with Crippen LogP contribution in [0.25, 0.3) is 0 Å². The van der Waals surface area contributed by atoms with Crippen LogP contribution in [0.4, 0.5) is 4.39 Å². The Bertz CT molecular complexity index is 788. The Morgan fingerprint density at radius 3 is 2.85 bits per heavy atom. The summed E-state index contributed by atoms with van der Waals surface area (Å²) < 4.78 is 15.5. The number of carbonyl (C=O) groups is 1. The molecule has 2 aliphatic rings. The maximum Gasteiger partial charge on any atom is 0.223 e. The van der Waals surface area contributed by atoms with Crippen LogP contribution in [0.15, 0.2) is 30.9 Å². The van der Waals surface area contributed by atoms with E-state index in [0.717, 1.165) is 31.4 Å². The second-order valence-corrected chi connectivity index (χ2v) is 7.32. The van der Waals surface area contributed by atoms with Gasteiger partial charge in [-0.2, -0.15) is 5.10 Å². The van der Waals surface area contributed by atoms with E-state index in [4.69, 9.17) is 0 Å². The minimum Gasteiger partial charge on any atom is -0.332 e. The Balaban J connectivity index is 1.49. The highest BCUT2D eigenvalue weighted by molar-refractivity contribution is 5.78. The van der Waals surface area contributed by atoms with Gasteiger partial charge in [0.15, 0.2) is 0 Å². The van der Waals surface area contributed by atoms with Gasteiger partial charge in [0, 0.05) is 56.1 Å². The van der Waals surface area contributed by atoms with Gasteiger partial charge in [-0.1, -0.05) is 0 Å². The molecule has 7 heteroatoms. The molecule has 2 aromatic rings. The first-order valence-electron chi connectivity index (χ1n) is 9.22. The summed E-state index contributed by atoms with van der Waals surface area (Å²) >= 11 is 0. The molecule has 0 bridgehead atoms. The highest BCUT2D eigenvalue weighted by Crippen LogP contribution is 2.43. The summed E-state index contributed by atoms with van der Waals surface area (Å²) in [5.41, 5.74) is 1.71. The van der Waals surface area contributed by atoms with E-state index in [1.165, 1.54) is 6.20 Å². The van der Waals surface area contributed by atoms with Crippen molar-refractivity contribution in [1.82, 2.24) is 25.0 Å². The number of aromatic nitrogens is 3. The monoisotopic (exact) mass is 357 g/mol. The second kappa shape index (κ2) is 7.15. The molecule has 6 nitrogen and oxygen atoms in total. The summed E-state index contributed by atoms with van der Waals surface area (Å²) in [5.74, 6) is 0.252. The summed E-state index contributed by atoms with van der Waals surface area (Å²) in [6.45, 7) is 1.19. The third kappa shape index (κ3) is 3.49. The zero-order valence-electron chi connectivity index (χ0n) is 14.9. The molecular weight excluding hydrogens is 333 g/mol. The smallest absolute Gasteiger partial charge is 0.223 e. The Morgan fingerprint density at radius 2 is 2.15 bits per heavy atom. The standard InChI is InChI=1S/C19H24FN5O/c1-24-12-15(10-23-24)19-14(2-5-18(26)25(19)16-3-4-16)9-22-8-13-6-7-21-11-17(13)20/h6-7,10-12,14,16,19,22H,2-5,8-9H2,1H3/t14-,19+/m1/s1. The molecule has 1 saturated carbocycles. The van der Waals surface area contributed by atoms with Crippen LogP contribution in [0.3, 0.4) is 0 Å². The molecule has 2 atom stereocenters. The topological polar surface area (TPSA) is 63.1 Å². The van der Waals surface area contributed by atoms with E-state index in [0.29, 0.717) is 30.5 Å². The average Bonchev–Trinajstić information content (AvgIpc) is 3.38. The van der Waals surface area contributed by atoms with Gasteiger partial charge in [0.2, 0.25) is 5.91 Å². The van der Waals surface area contributed by atoms with Crippen LogP contribution in [0.5, 0.6) is 0 Å². The van der Waals surface area contributed by atoms with Crippen molar-refractivity contribution in [2.75, 3.05) is 6.54 Å². The van der Waals surface area contributed by atoms with Crippen molar-refractivity contribution in [3.05, 3.63) is 47.8 Å². The molecule has 0 aromatic carbocycles. The first-order valence-corrected chi connectivity index (χ1v) is 9.22. The molecule has 4 rings (SSSR count). The van der Waals surface area contributed by atoms with E-state index >= 15 is 0 Å². The van der Waals surface area contributed by atoms with Crippen LogP contribution in [-0.2, 0) is 18.4 Å². The molecule has 1 N–H and O–H groups in total. The van der Waals surface area contributed by atoms with E-state index in [1.807, 2.05) is 19.4 Å². The van der Waals surface area contributed by atoms with Gasteiger partial charge in [-0.15, -0.1) is 0 Å². The number of likely N-dealkylation sites (tertiary alicyclic amines) is 1. The normalized spacial score (nSPS) is 23.5. The molecule has 138 valence electrons. The third-order valence-corrected chi connectivity index (χ3v) is 5.35. The lowest BCUT2D eigenvalue weighted by Crippen LogP contribution is -2.46. The number of hydrogen-bond acceptors (Lipinski definition) is 4. The number of pyridine rings is 1. The van der Waals surface area contributed by atoms with E-state index in [9.17, 15) is 9.18 Å². The number of nitrogens with one attached hydrogen (secondary N) is 1. The van der Waals surface area contributed by atoms with Gasteiger partial charge in [-0.3, -0.25) is 14.5 Å². The highest BCUT2D eigenvalue weighted by atomic mass is 19.1. The molecular formula is C19H24FN5O. The lowest BCUT2D eigenvalue weighted by Gasteiger charge is -2.41. The number of piperidine rings is 1. The summed E-state index contributed by atoms with van der Waals surface area (Å²) in [6.07, 6.45) is 10.3. The highest BCUT2D eigenvalue weighted by Gasteiger charge is 2.44. The molecule has 2 fully saturated rings. The van der Waals surface area contributed by atoms with Crippen LogP contribution in [0.1, 0.15) is 42.9 Å². The molecule has 1 amide bonds. The Kier molecular flexibility index (Phi) is 4.72. The van der Waals surface area contributed by atoms with Crippen LogP contribution < -0.4 is 5.32 Å². The summed E-state index contributed by atoms with van der Waals surface area (Å²) in [6, 6.07) is 2.11. The SMILES string of the molecule is Cn1cc([C@@H]2[C@@H](CNCc3ccncc3F)CCC(=O)N2C2CC2)cn1. The number of nitrogens with zero attached hydrogens (tertiary/aromatic N) is 4. The molecule has 1 aliphatic carbocycles. The van der Waals surface area contributed by atoms with Crippen LogP contribution in [0.2, 0.25) is 0 Å². The van der Waals surface area contributed by atoms with Crippen molar-refractivity contribution in [3.8, 4) is 0 Å². The number of rotatable bonds is 6. The zero-order valence-corrected chi connectivity index (χ0v) is 14.9. The number of hydrogen-bond donors (Lipinski definition) is 1. The van der Waals surface area contributed by atoms with Crippen LogP contribution in [-0.4, -0.2) is 38.2 Å². The Morgan fingerprint density at radius 1 is 1.31 bits per heavy atom. The molecule has 0 radical (unpaired) electrons. The van der Waals surface area contributed by atoms with Gasteiger partial charge in [0.05, 0.1) is 18.4 Å². The quantitative estimate of drug-likeness (QED) is 0.861.